The maximum atomic E-state index is 12.4. The number of rotatable bonds is 2. The number of nitrogens with zero attached hydrogens (tertiary/aromatic N) is 1. The Morgan fingerprint density at radius 3 is 2.53 bits per heavy atom. The van der Waals surface area contributed by atoms with Crippen molar-refractivity contribution in [3.05, 3.63) is 0 Å². The van der Waals surface area contributed by atoms with E-state index in [1.54, 1.807) is 0 Å². The van der Waals surface area contributed by atoms with Gasteiger partial charge in [0.25, 0.3) is 0 Å². The summed E-state index contributed by atoms with van der Waals surface area (Å²) >= 11 is 0. The number of carbonyl (C=O) groups is 1. The molecule has 0 N–H and O–H groups in total. The minimum atomic E-state index is -0.395. The predicted molar refractivity (Wildman–Crippen MR) is 69.8 cm³/mol. The maximum absolute atomic E-state index is 12.4. The van der Waals surface area contributed by atoms with Crippen LogP contribution in [0.2, 0.25) is 0 Å². The number of hydrogen-bond acceptors (Lipinski definition) is 3. The molecular formula is C15H23NO3. The summed E-state index contributed by atoms with van der Waals surface area (Å²) in [5.74, 6) is 1.40. The largest absolute Gasteiger partial charge is 0.444 e. The minimum Gasteiger partial charge on any atom is -0.444 e. The zero-order valence-corrected chi connectivity index (χ0v) is 12.0. The fourth-order valence-electron chi connectivity index (χ4n) is 3.96. The minimum absolute atomic E-state index is 0.0973. The zero-order valence-electron chi connectivity index (χ0n) is 12.0. The second kappa shape index (κ2) is 3.66. The van der Waals surface area contributed by atoms with Crippen molar-refractivity contribution in [1.82, 2.24) is 4.90 Å². The van der Waals surface area contributed by atoms with Gasteiger partial charge in [0.2, 0.25) is 0 Å². The quantitative estimate of drug-likeness (QED) is 0.721. The van der Waals surface area contributed by atoms with Crippen LogP contribution in [0.5, 0.6) is 0 Å². The van der Waals surface area contributed by atoms with Crippen LogP contribution < -0.4 is 0 Å². The molecule has 4 rings (SSSR count). The average molecular weight is 265 g/mol. The Labute approximate surface area is 114 Å². The maximum Gasteiger partial charge on any atom is 0.410 e. The van der Waals surface area contributed by atoms with E-state index in [2.05, 4.69) is 4.90 Å². The molecule has 0 unspecified atom stereocenters. The summed E-state index contributed by atoms with van der Waals surface area (Å²) in [4.78, 5) is 14.5. The Morgan fingerprint density at radius 2 is 1.95 bits per heavy atom. The van der Waals surface area contributed by atoms with E-state index in [9.17, 15) is 4.79 Å². The summed E-state index contributed by atoms with van der Waals surface area (Å²) in [7, 11) is 0. The molecule has 0 aromatic carbocycles. The smallest absolute Gasteiger partial charge is 0.410 e. The van der Waals surface area contributed by atoms with Gasteiger partial charge in [-0.05, 0) is 58.3 Å². The first-order valence-corrected chi connectivity index (χ1v) is 7.61. The highest BCUT2D eigenvalue weighted by Crippen LogP contribution is 2.59. The second-order valence-corrected chi connectivity index (χ2v) is 7.62. The monoisotopic (exact) mass is 265 g/mol. The highest BCUT2D eigenvalue weighted by Gasteiger charge is 2.65. The molecule has 0 radical (unpaired) electrons. The lowest BCUT2D eigenvalue weighted by Crippen LogP contribution is -2.56. The van der Waals surface area contributed by atoms with Crippen LogP contribution in [0.15, 0.2) is 0 Å². The van der Waals surface area contributed by atoms with E-state index < -0.39 is 5.60 Å². The third-order valence-corrected chi connectivity index (χ3v) is 5.01. The Hall–Kier alpha value is -0.770. The molecule has 0 aromatic rings. The van der Waals surface area contributed by atoms with E-state index in [4.69, 9.17) is 9.47 Å². The van der Waals surface area contributed by atoms with E-state index in [1.165, 1.54) is 0 Å². The summed E-state index contributed by atoms with van der Waals surface area (Å²) in [6.07, 6.45) is 5.53. The second-order valence-electron chi connectivity index (χ2n) is 7.62. The van der Waals surface area contributed by atoms with Crippen molar-refractivity contribution in [2.24, 2.45) is 11.8 Å². The molecule has 0 spiro atoms. The highest BCUT2D eigenvalue weighted by molar-refractivity contribution is 5.69. The average Bonchev–Trinajstić information content (AvgIpc) is 3.13. The van der Waals surface area contributed by atoms with Gasteiger partial charge in [0.1, 0.15) is 5.60 Å². The third kappa shape index (κ3) is 1.95. The topological polar surface area (TPSA) is 42.1 Å². The summed E-state index contributed by atoms with van der Waals surface area (Å²) in [6, 6.07) is 0.863. The molecule has 1 amide bonds. The number of fused-ring (bicyclic) bond motifs is 3. The van der Waals surface area contributed by atoms with Crippen LogP contribution in [0.4, 0.5) is 4.79 Å². The predicted octanol–water partition coefficient (Wildman–Crippen LogP) is 2.56. The Bertz CT molecular complexity index is 412. The van der Waals surface area contributed by atoms with Crippen LogP contribution in [0.3, 0.4) is 0 Å². The highest BCUT2D eigenvalue weighted by atomic mass is 16.6. The van der Waals surface area contributed by atoms with E-state index >= 15 is 0 Å². The summed E-state index contributed by atoms with van der Waals surface area (Å²) in [5, 5.41) is 0. The molecule has 1 saturated heterocycles. The Kier molecular flexibility index (Phi) is 2.31. The number of carbonyl (C=O) groups excluding carboxylic acids is 1. The van der Waals surface area contributed by atoms with Crippen LogP contribution in [-0.2, 0) is 9.47 Å². The number of epoxide rings is 1. The van der Waals surface area contributed by atoms with E-state index in [1.807, 2.05) is 20.8 Å². The lowest BCUT2D eigenvalue weighted by molar-refractivity contribution is -0.0389. The first kappa shape index (κ1) is 12.0. The van der Waals surface area contributed by atoms with Crippen molar-refractivity contribution >= 4 is 6.09 Å². The Morgan fingerprint density at radius 1 is 1.21 bits per heavy atom. The molecule has 4 heteroatoms. The van der Waals surface area contributed by atoms with E-state index in [-0.39, 0.29) is 6.09 Å². The zero-order chi connectivity index (χ0) is 13.4. The van der Waals surface area contributed by atoms with Crippen LogP contribution in [0.1, 0.15) is 46.5 Å². The van der Waals surface area contributed by atoms with Crippen LogP contribution in [0, 0.1) is 11.8 Å². The molecule has 1 heterocycles. The summed E-state index contributed by atoms with van der Waals surface area (Å²) < 4.78 is 11.2. The first-order valence-electron chi connectivity index (χ1n) is 7.61. The fraction of sp³-hybridized carbons (Fsp3) is 0.933. The molecule has 5 atom stereocenters. The van der Waals surface area contributed by atoms with Crippen molar-refractivity contribution in [2.45, 2.75) is 76.3 Å². The van der Waals surface area contributed by atoms with Gasteiger partial charge in [0.05, 0.1) is 12.2 Å². The van der Waals surface area contributed by atoms with Gasteiger partial charge >= 0.3 is 6.09 Å². The van der Waals surface area contributed by atoms with Crippen molar-refractivity contribution in [2.75, 3.05) is 0 Å². The standard InChI is InChI=1S/C15H23NO3/c1-15(2,3)19-14(17)16(8-4-5-8)11-6-10-9(11)7-12-13(10)18-12/h8-13H,4-7H2,1-3H3/t9-,10-,11+,12-,13+/m1/s1. The summed E-state index contributed by atoms with van der Waals surface area (Å²) in [5.41, 5.74) is -0.395. The molecule has 19 heavy (non-hydrogen) atoms. The summed E-state index contributed by atoms with van der Waals surface area (Å²) in [6.45, 7) is 5.83. The fourth-order valence-corrected chi connectivity index (χ4v) is 3.96. The SMILES string of the molecule is CC(C)(C)OC(=O)N(C1CC1)[C@H]1C[C@@H]2[C@H]1C[C@H]1O[C@@H]21. The first-order chi connectivity index (χ1) is 8.94. The van der Waals surface area contributed by atoms with Crippen LogP contribution in [-0.4, -0.2) is 40.9 Å². The molecule has 4 fully saturated rings. The van der Waals surface area contributed by atoms with Crippen LogP contribution >= 0.6 is 0 Å². The van der Waals surface area contributed by atoms with Gasteiger partial charge in [-0.1, -0.05) is 0 Å². The normalized spacial score (nSPS) is 43.0. The molecule has 106 valence electrons. The number of amides is 1. The van der Waals surface area contributed by atoms with Gasteiger partial charge in [-0.15, -0.1) is 0 Å². The molecule has 0 bridgehead atoms. The van der Waals surface area contributed by atoms with Gasteiger partial charge in [-0.3, -0.25) is 0 Å². The van der Waals surface area contributed by atoms with Gasteiger partial charge < -0.3 is 14.4 Å². The molecule has 4 nitrogen and oxygen atoms in total. The lowest BCUT2D eigenvalue weighted by atomic mass is 9.70. The van der Waals surface area contributed by atoms with E-state index in [0.717, 1.165) is 31.6 Å². The van der Waals surface area contributed by atoms with Crippen molar-refractivity contribution in [3.8, 4) is 0 Å². The van der Waals surface area contributed by atoms with Crippen molar-refractivity contribution in [3.63, 3.8) is 0 Å². The van der Waals surface area contributed by atoms with Crippen LogP contribution in [0.25, 0.3) is 0 Å². The molecule has 0 aromatic heterocycles. The molecule has 3 saturated carbocycles. The number of ether oxygens (including phenoxy) is 2. The van der Waals surface area contributed by atoms with Gasteiger partial charge in [-0.2, -0.15) is 0 Å². The van der Waals surface area contributed by atoms with Gasteiger partial charge in [-0.25, -0.2) is 4.79 Å². The molecule has 4 aliphatic rings. The van der Waals surface area contributed by atoms with Gasteiger partial charge in [0, 0.05) is 12.1 Å². The molecule has 1 aliphatic heterocycles. The molecular weight excluding hydrogens is 242 g/mol. The Balaban J connectivity index is 1.45. The van der Waals surface area contributed by atoms with Crippen molar-refractivity contribution in [1.29, 1.82) is 0 Å². The molecule has 3 aliphatic carbocycles. The number of hydrogen-bond donors (Lipinski definition) is 0. The van der Waals surface area contributed by atoms with Gasteiger partial charge in [0.15, 0.2) is 0 Å². The van der Waals surface area contributed by atoms with E-state index in [0.29, 0.717) is 30.2 Å². The third-order valence-electron chi connectivity index (χ3n) is 5.01. The lowest BCUT2D eigenvalue weighted by Gasteiger charge is -2.48. The van der Waals surface area contributed by atoms with Crippen molar-refractivity contribution < 1.29 is 14.3 Å².